The van der Waals surface area contributed by atoms with Crippen molar-refractivity contribution in [2.75, 3.05) is 0 Å². The summed E-state index contributed by atoms with van der Waals surface area (Å²) in [4.78, 5) is 0. The number of benzene rings is 18. The number of fused-ring (bicyclic) bond motifs is 6. The van der Waals surface area contributed by atoms with Gasteiger partial charge in [-0.1, -0.05) is 645 Å². The highest BCUT2D eigenvalue weighted by Gasteiger charge is 2.06. The van der Waals surface area contributed by atoms with Crippen LogP contribution in [0.15, 0.2) is 419 Å². The van der Waals surface area contributed by atoms with Crippen molar-refractivity contribution in [3.63, 3.8) is 0 Å². The molecule has 0 atom stereocenters. The van der Waals surface area contributed by atoms with Gasteiger partial charge in [-0.3, -0.25) is 0 Å². The molecule has 0 spiro atoms. The molecule has 674 valence electrons. The van der Waals surface area contributed by atoms with Crippen LogP contribution in [0.3, 0.4) is 0 Å². The second-order valence-electron chi connectivity index (χ2n) is 22.5. The third-order valence-electron chi connectivity index (χ3n) is 15.7. The lowest BCUT2D eigenvalue weighted by Gasteiger charge is -2.09. The number of aryl methyl sites for hydroxylation is 3. The molecule has 0 unspecified atom stereocenters. The summed E-state index contributed by atoms with van der Waals surface area (Å²) in [5.74, 6) is 0. The minimum atomic E-state index is 1.28. The Morgan fingerprint density at radius 3 is 0.424 bits per heavy atom. The topological polar surface area (TPSA) is 0 Å². The second-order valence-corrected chi connectivity index (χ2v) is 22.5. The van der Waals surface area contributed by atoms with Gasteiger partial charge in [-0.25, -0.2) is 0 Å². The number of hydrogen-bond acceptors (Lipinski definition) is 0. The van der Waals surface area contributed by atoms with E-state index in [9.17, 15) is 0 Å². The molecule has 0 nitrogen and oxygen atoms in total. The first-order valence-corrected chi connectivity index (χ1v) is 47.9. The van der Waals surface area contributed by atoms with Gasteiger partial charge in [-0.2, -0.15) is 0 Å². The molecular weight excluding hydrogens is 1500 g/mol. The van der Waals surface area contributed by atoms with Gasteiger partial charge in [0.25, 0.3) is 0 Å². The van der Waals surface area contributed by atoms with Crippen LogP contribution in [0.25, 0.3) is 97.3 Å². The normalized spacial score (nSPS) is 8.28. The number of rotatable bonds is 1. The van der Waals surface area contributed by atoms with Crippen molar-refractivity contribution in [2.45, 2.75) is 242 Å². The van der Waals surface area contributed by atoms with Crippen LogP contribution >= 0.6 is 0 Å². The van der Waals surface area contributed by atoms with E-state index in [4.69, 9.17) is 0 Å². The summed E-state index contributed by atoms with van der Waals surface area (Å²) < 4.78 is 0. The van der Waals surface area contributed by atoms with Gasteiger partial charge in [-0.15, -0.1) is 0 Å². The summed E-state index contributed by atoms with van der Waals surface area (Å²) in [5.41, 5.74) is 6.52. The van der Waals surface area contributed by atoms with Crippen LogP contribution in [0.4, 0.5) is 0 Å². The maximum atomic E-state index is 2.24. The van der Waals surface area contributed by atoms with Crippen LogP contribution in [-0.2, 0) is 0 Å². The lowest BCUT2D eigenvalue weighted by Crippen LogP contribution is -1.82. The van der Waals surface area contributed by atoms with Gasteiger partial charge >= 0.3 is 0 Å². The van der Waals surface area contributed by atoms with Crippen molar-refractivity contribution in [1.82, 2.24) is 0 Å². The summed E-state index contributed by atoms with van der Waals surface area (Å²) in [5, 5.41) is 21.3. The van der Waals surface area contributed by atoms with E-state index in [1.165, 1.54) is 114 Å². The lowest BCUT2D eigenvalue weighted by atomic mass is 9.95. The van der Waals surface area contributed by atoms with Crippen LogP contribution in [0, 0.1) is 20.8 Å². The fraction of sp³-hybridized carbons (Fsp3) is 0.280. The Morgan fingerprint density at radius 2 is 0.240 bits per heavy atom. The van der Waals surface area contributed by atoms with Crippen molar-refractivity contribution in [1.29, 1.82) is 0 Å². The van der Waals surface area contributed by atoms with E-state index >= 15 is 0 Å². The van der Waals surface area contributed by atoms with Crippen molar-refractivity contribution in [3.05, 3.63) is 435 Å². The van der Waals surface area contributed by atoms with Crippen LogP contribution in [-0.4, -0.2) is 0 Å². The standard InChI is InChI=1S/C16H10.2C14H10.C12H10.C10H8.3C7H8.C6H6.16C2H6/c1-3-11-7-9-13-5-2-6-14-10-8-12(4-1)15(11)16(13)14;1-3-7-13-11(5-1)9-10-12-6-2-4-8-14(12)13;1-2-6-12-10-14-8-4-3-7-13(14)9-11(12)5-1;1-3-7-11(8-4-1)12-9-5-2-6-10-12;1-2-6-10-8-4-3-7-9(10)5-1;3*1-7-5-3-2-4-6-7;1-2-4-6-5-3-1;16*1-2/h1-10H;2*1-10H;1-10H;1-8H;3*2-6H,1H3;1-6H;16*1-2H3. The zero-order valence-corrected chi connectivity index (χ0v) is 85.3. The molecular formula is C125H174. The van der Waals surface area contributed by atoms with Gasteiger partial charge < -0.3 is 0 Å². The monoisotopic (exact) mass is 1680 g/mol. The van der Waals surface area contributed by atoms with Gasteiger partial charge in [0.05, 0.1) is 0 Å². The van der Waals surface area contributed by atoms with E-state index < -0.39 is 0 Å². The predicted octanol–water partition coefficient (Wildman–Crippen LogP) is 42.9. The molecule has 0 amide bonds. The molecule has 0 N–H and O–H groups in total. The Hall–Kier alpha value is -11.7. The van der Waals surface area contributed by atoms with Crippen LogP contribution in [0.5, 0.6) is 0 Å². The van der Waals surface area contributed by atoms with E-state index in [-0.39, 0.29) is 0 Å². The molecule has 0 aromatic heterocycles. The quantitative estimate of drug-likeness (QED) is 0.114. The zero-order chi connectivity index (χ0) is 95.9. The average Bonchev–Trinajstić information content (AvgIpc) is 0.750. The van der Waals surface area contributed by atoms with Crippen molar-refractivity contribution in [3.8, 4) is 11.1 Å². The molecule has 18 aromatic rings. The highest BCUT2D eigenvalue weighted by Crippen LogP contribution is 2.34. The fourth-order valence-corrected chi connectivity index (χ4v) is 10.9. The van der Waals surface area contributed by atoms with Crippen molar-refractivity contribution in [2.24, 2.45) is 0 Å². The first kappa shape index (κ1) is 126. The Balaban J connectivity index is -0.000000243. The maximum absolute atomic E-state index is 2.24. The Morgan fingerprint density at radius 1 is 0.104 bits per heavy atom. The zero-order valence-electron chi connectivity index (χ0n) is 85.3. The molecule has 0 aliphatic heterocycles. The molecule has 0 bridgehead atoms. The molecule has 0 aliphatic rings. The van der Waals surface area contributed by atoms with E-state index in [0.717, 1.165) is 0 Å². The van der Waals surface area contributed by atoms with E-state index in [1.54, 1.807) is 0 Å². The molecule has 0 radical (unpaired) electrons. The highest BCUT2D eigenvalue weighted by atomic mass is 14.1. The lowest BCUT2D eigenvalue weighted by molar-refractivity contribution is 1.48. The van der Waals surface area contributed by atoms with E-state index in [1.807, 2.05) is 325 Å². The Labute approximate surface area is 769 Å². The predicted molar refractivity (Wildman–Crippen MR) is 590 cm³/mol. The minimum absolute atomic E-state index is 1.28. The summed E-state index contributed by atoms with van der Waals surface area (Å²) in [6.07, 6.45) is 0. The van der Waals surface area contributed by atoms with Gasteiger partial charge in [-0.05, 0) is 130 Å². The van der Waals surface area contributed by atoms with Crippen molar-refractivity contribution < 1.29 is 0 Å². The molecule has 18 aromatic carbocycles. The first-order chi connectivity index (χ1) is 61.9. The average molecular weight is 1680 g/mol. The summed E-state index contributed by atoms with van der Waals surface area (Å²) in [6.45, 7) is 70.2. The highest BCUT2D eigenvalue weighted by molar-refractivity contribution is 6.23. The summed E-state index contributed by atoms with van der Waals surface area (Å²) in [7, 11) is 0. The van der Waals surface area contributed by atoms with Gasteiger partial charge in [0, 0.05) is 0 Å². The summed E-state index contributed by atoms with van der Waals surface area (Å²) in [6, 6.07) is 145. The summed E-state index contributed by atoms with van der Waals surface area (Å²) >= 11 is 0. The minimum Gasteiger partial charge on any atom is -0.0683 e. The fourth-order valence-electron chi connectivity index (χ4n) is 10.9. The Kier molecular flexibility index (Phi) is 97.2. The molecule has 125 heavy (non-hydrogen) atoms. The Bertz CT molecular complexity index is 4560. The second kappa shape index (κ2) is 96.1. The van der Waals surface area contributed by atoms with Gasteiger partial charge in [0.15, 0.2) is 0 Å². The SMILES string of the molecule is CC.CC.CC.CC.CC.CC.CC.CC.CC.CC.CC.CC.CC.CC.CC.CC.Cc1ccccc1.Cc1ccccc1.Cc1ccccc1.c1cc2ccc3cccc4ccc(c1)c2c34.c1ccc(-c2ccccc2)cc1.c1ccc2c(c1)ccc1ccccc12.c1ccc2cc3ccccc3cc2c1.c1ccc2ccccc2c1.c1ccccc1. The maximum Gasteiger partial charge on any atom is -0.00268 e. The number of hydrogen-bond donors (Lipinski definition) is 0. The molecule has 0 saturated heterocycles. The first-order valence-electron chi connectivity index (χ1n) is 47.9. The molecule has 0 fully saturated rings. The smallest absolute Gasteiger partial charge is 0.00268 e. The molecule has 0 saturated carbocycles. The van der Waals surface area contributed by atoms with Crippen LogP contribution in [0.2, 0.25) is 0 Å². The molecule has 18 rings (SSSR count). The third kappa shape index (κ3) is 53.8. The van der Waals surface area contributed by atoms with Crippen LogP contribution in [0.1, 0.15) is 238 Å². The van der Waals surface area contributed by atoms with Gasteiger partial charge in [0.1, 0.15) is 0 Å². The molecule has 0 aliphatic carbocycles. The largest absolute Gasteiger partial charge is 0.0683 e. The van der Waals surface area contributed by atoms with Crippen LogP contribution < -0.4 is 0 Å². The van der Waals surface area contributed by atoms with E-state index in [0.29, 0.717) is 0 Å². The van der Waals surface area contributed by atoms with Gasteiger partial charge in [0.2, 0.25) is 0 Å². The van der Waals surface area contributed by atoms with Crippen molar-refractivity contribution >= 4 is 86.2 Å². The van der Waals surface area contributed by atoms with E-state index in [2.05, 4.69) is 336 Å². The third-order valence-corrected chi connectivity index (χ3v) is 15.7. The molecule has 0 heteroatoms. The molecule has 0 heterocycles.